The number of hydrogen-bond donors (Lipinski definition) is 1. The normalized spacial score (nSPS) is 10.6. The van der Waals surface area contributed by atoms with Crippen LogP contribution in [-0.2, 0) is 11.2 Å². The molecule has 0 atom stereocenters. The second-order valence-electron chi connectivity index (χ2n) is 5.90. The van der Waals surface area contributed by atoms with Gasteiger partial charge in [-0.2, -0.15) is 0 Å². The van der Waals surface area contributed by atoms with Crippen LogP contribution in [0.5, 0.6) is 0 Å². The van der Waals surface area contributed by atoms with Crippen LogP contribution >= 0.6 is 0 Å². The third kappa shape index (κ3) is 6.72. The zero-order valence-electron chi connectivity index (χ0n) is 14.1. The number of benzene rings is 1. The van der Waals surface area contributed by atoms with Crippen LogP contribution in [0.4, 0.5) is 0 Å². The molecule has 0 aliphatic heterocycles. The lowest BCUT2D eigenvalue weighted by Crippen LogP contribution is -2.27. The predicted octanol–water partition coefficient (Wildman–Crippen LogP) is 1.39. The average Bonchev–Trinajstić information content (AvgIpc) is 2.49. The van der Waals surface area contributed by atoms with Crippen LogP contribution in [-0.4, -0.2) is 62.9 Å². The summed E-state index contributed by atoms with van der Waals surface area (Å²) in [5.41, 5.74) is 1.74. The summed E-state index contributed by atoms with van der Waals surface area (Å²) < 4.78 is 0. The Bertz CT molecular complexity index is 481. The Morgan fingerprint density at radius 1 is 1.05 bits per heavy atom. The Hall–Kier alpha value is -1.88. The van der Waals surface area contributed by atoms with Gasteiger partial charge in [-0.05, 0) is 51.2 Å². The minimum Gasteiger partial charge on any atom is -0.356 e. The number of aryl methyl sites for hydroxylation is 1. The van der Waals surface area contributed by atoms with Crippen molar-refractivity contribution in [2.24, 2.45) is 0 Å². The lowest BCUT2D eigenvalue weighted by molar-refractivity contribution is -0.121. The summed E-state index contributed by atoms with van der Waals surface area (Å²) in [6.07, 6.45) is 2.12. The largest absolute Gasteiger partial charge is 0.356 e. The molecular weight excluding hydrogens is 278 g/mol. The van der Waals surface area contributed by atoms with Crippen molar-refractivity contribution in [2.45, 2.75) is 19.3 Å². The summed E-state index contributed by atoms with van der Waals surface area (Å²) in [5.74, 6) is 0.0670. The Balaban J connectivity index is 2.32. The fraction of sp³-hybridized carbons (Fsp3) is 0.529. The number of carbonyl (C=O) groups is 2. The van der Waals surface area contributed by atoms with Crippen molar-refractivity contribution in [3.8, 4) is 0 Å². The molecule has 0 aromatic heterocycles. The van der Waals surface area contributed by atoms with Gasteiger partial charge in [0, 0.05) is 32.6 Å². The molecule has 0 radical (unpaired) electrons. The van der Waals surface area contributed by atoms with E-state index in [1.54, 1.807) is 19.0 Å². The van der Waals surface area contributed by atoms with E-state index in [1.807, 2.05) is 38.4 Å². The van der Waals surface area contributed by atoms with Crippen molar-refractivity contribution in [3.63, 3.8) is 0 Å². The van der Waals surface area contributed by atoms with Crippen molar-refractivity contribution >= 4 is 11.8 Å². The van der Waals surface area contributed by atoms with Gasteiger partial charge in [-0.15, -0.1) is 0 Å². The van der Waals surface area contributed by atoms with Gasteiger partial charge < -0.3 is 15.1 Å². The second kappa shape index (κ2) is 9.20. The molecule has 122 valence electrons. The first kappa shape index (κ1) is 18.2. The lowest BCUT2D eigenvalue weighted by Gasteiger charge is -2.11. The molecule has 0 fully saturated rings. The topological polar surface area (TPSA) is 52.7 Å². The molecule has 0 saturated heterocycles. The molecule has 0 unspecified atom stereocenters. The van der Waals surface area contributed by atoms with Crippen molar-refractivity contribution in [1.29, 1.82) is 0 Å². The highest BCUT2D eigenvalue weighted by molar-refractivity contribution is 5.93. The van der Waals surface area contributed by atoms with E-state index < -0.39 is 0 Å². The maximum absolute atomic E-state index is 11.8. The first-order chi connectivity index (χ1) is 10.4. The van der Waals surface area contributed by atoms with E-state index in [0.29, 0.717) is 24.9 Å². The molecule has 5 nitrogen and oxygen atoms in total. The SMILES string of the molecule is CN(C)CCCNC(=O)CCc1ccc(C(=O)N(C)C)cc1. The zero-order chi connectivity index (χ0) is 16.5. The van der Waals surface area contributed by atoms with Crippen LogP contribution in [0.25, 0.3) is 0 Å². The smallest absolute Gasteiger partial charge is 0.253 e. The number of hydrogen-bond acceptors (Lipinski definition) is 3. The molecule has 1 aromatic carbocycles. The number of rotatable bonds is 8. The monoisotopic (exact) mass is 305 g/mol. The quantitative estimate of drug-likeness (QED) is 0.739. The average molecular weight is 305 g/mol. The fourth-order valence-corrected chi connectivity index (χ4v) is 2.04. The molecule has 1 N–H and O–H groups in total. The van der Waals surface area contributed by atoms with Gasteiger partial charge in [0.2, 0.25) is 5.91 Å². The van der Waals surface area contributed by atoms with E-state index in [4.69, 9.17) is 0 Å². The Morgan fingerprint density at radius 2 is 1.68 bits per heavy atom. The highest BCUT2D eigenvalue weighted by atomic mass is 16.2. The first-order valence-electron chi connectivity index (χ1n) is 7.62. The minimum atomic E-state index is -0.00909. The summed E-state index contributed by atoms with van der Waals surface area (Å²) in [6.45, 7) is 1.69. The van der Waals surface area contributed by atoms with Crippen molar-refractivity contribution in [2.75, 3.05) is 41.3 Å². The highest BCUT2D eigenvalue weighted by Gasteiger charge is 2.07. The van der Waals surface area contributed by atoms with Gasteiger partial charge >= 0.3 is 0 Å². The molecule has 0 heterocycles. The van der Waals surface area contributed by atoms with Crippen LogP contribution in [0.3, 0.4) is 0 Å². The molecule has 5 heteroatoms. The maximum atomic E-state index is 11.8. The van der Waals surface area contributed by atoms with E-state index in [1.165, 1.54) is 0 Å². The fourth-order valence-electron chi connectivity index (χ4n) is 2.04. The van der Waals surface area contributed by atoms with Gasteiger partial charge in [-0.1, -0.05) is 12.1 Å². The van der Waals surface area contributed by atoms with E-state index >= 15 is 0 Å². The third-order valence-corrected chi connectivity index (χ3v) is 3.35. The van der Waals surface area contributed by atoms with Gasteiger partial charge in [0.05, 0.1) is 0 Å². The molecule has 1 rings (SSSR count). The predicted molar refractivity (Wildman–Crippen MR) is 89.0 cm³/mol. The summed E-state index contributed by atoms with van der Waals surface area (Å²) in [5, 5.41) is 2.93. The van der Waals surface area contributed by atoms with Crippen molar-refractivity contribution in [3.05, 3.63) is 35.4 Å². The summed E-state index contributed by atoms with van der Waals surface area (Å²) in [4.78, 5) is 27.2. The van der Waals surface area contributed by atoms with Crippen LogP contribution in [0, 0.1) is 0 Å². The Kier molecular flexibility index (Phi) is 7.60. The number of amides is 2. The summed E-state index contributed by atoms with van der Waals surface area (Å²) in [7, 11) is 7.51. The first-order valence-corrected chi connectivity index (χ1v) is 7.62. The molecule has 0 aliphatic carbocycles. The van der Waals surface area contributed by atoms with Crippen LogP contribution in [0.1, 0.15) is 28.8 Å². The number of nitrogens with zero attached hydrogens (tertiary/aromatic N) is 2. The second-order valence-corrected chi connectivity index (χ2v) is 5.90. The molecule has 22 heavy (non-hydrogen) atoms. The standard InChI is InChI=1S/C17H27N3O2/c1-19(2)13-5-12-18-16(21)11-8-14-6-9-15(10-7-14)17(22)20(3)4/h6-7,9-10H,5,8,11-13H2,1-4H3,(H,18,21). The van der Waals surface area contributed by atoms with Gasteiger partial charge in [-0.25, -0.2) is 0 Å². The summed E-state index contributed by atoms with van der Waals surface area (Å²) >= 11 is 0. The van der Waals surface area contributed by atoms with E-state index in [-0.39, 0.29) is 11.8 Å². The Morgan fingerprint density at radius 3 is 2.23 bits per heavy atom. The van der Waals surface area contributed by atoms with Gasteiger partial charge in [0.25, 0.3) is 5.91 Å². The van der Waals surface area contributed by atoms with E-state index in [9.17, 15) is 9.59 Å². The molecule has 2 amide bonds. The lowest BCUT2D eigenvalue weighted by atomic mass is 10.1. The summed E-state index contributed by atoms with van der Waals surface area (Å²) in [6, 6.07) is 7.45. The van der Waals surface area contributed by atoms with Crippen molar-refractivity contribution < 1.29 is 9.59 Å². The molecule has 0 spiro atoms. The van der Waals surface area contributed by atoms with Crippen LogP contribution in [0.15, 0.2) is 24.3 Å². The van der Waals surface area contributed by atoms with Gasteiger partial charge in [0.1, 0.15) is 0 Å². The Labute approximate surface area is 133 Å². The number of nitrogens with one attached hydrogen (secondary N) is 1. The van der Waals surface area contributed by atoms with E-state index in [2.05, 4.69) is 10.2 Å². The maximum Gasteiger partial charge on any atom is 0.253 e. The van der Waals surface area contributed by atoms with Crippen molar-refractivity contribution in [1.82, 2.24) is 15.1 Å². The highest BCUT2D eigenvalue weighted by Crippen LogP contribution is 2.08. The molecular formula is C17H27N3O2. The van der Waals surface area contributed by atoms with E-state index in [0.717, 1.165) is 18.5 Å². The van der Waals surface area contributed by atoms with Gasteiger partial charge in [-0.3, -0.25) is 9.59 Å². The molecule has 0 aliphatic rings. The molecule has 0 bridgehead atoms. The van der Waals surface area contributed by atoms with Crippen LogP contribution in [0.2, 0.25) is 0 Å². The van der Waals surface area contributed by atoms with Crippen LogP contribution < -0.4 is 5.32 Å². The molecule has 1 aromatic rings. The van der Waals surface area contributed by atoms with Gasteiger partial charge in [0.15, 0.2) is 0 Å². The third-order valence-electron chi connectivity index (χ3n) is 3.35. The molecule has 0 saturated carbocycles. The zero-order valence-corrected chi connectivity index (χ0v) is 14.1. The minimum absolute atomic E-state index is 0.00909. The number of carbonyl (C=O) groups excluding carboxylic acids is 2.